The normalized spacial score (nSPS) is 19.4. The average Bonchev–Trinajstić information content (AvgIpc) is 2.96. The van der Waals surface area contributed by atoms with E-state index in [4.69, 9.17) is 0 Å². The first kappa shape index (κ1) is 24.4. The Morgan fingerprint density at radius 2 is 1.92 bits per heavy atom. The summed E-state index contributed by atoms with van der Waals surface area (Å²) in [4.78, 5) is 20.6. The lowest BCUT2D eigenvalue weighted by atomic mass is 10.0. The van der Waals surface area contributed by atoms with Crippen LogP contribution >= 0.6 is 24.0 Å². The van der Waals surface area contributed by atoms with Crippen LogP contribution in [0, 0.1) is 11.8 Å². The Morgan fingerprint density at radius 1 is 1.28 bits per heavy atom. The molecule has 1 aliphatic heterocycles. The minimum absolute atomic E-state index is 0. The van der Waals surface area contributed by atoms with E-state index in [9.17, 15) is 4.79 Å². The van der Waals surface area contributed by atoms with E-state index in [1.165, 1.54) is 0 Å². The van der Waals surface area contributed by atoms with Crippen LogP contribution in [-0.2, 0) is 4.79 Å². The number of likely N-dealkylation sites (N-methyl/N-ethyl adjacent to an activating group) is 1. The first-order valence-corrected chi connectivity index (χ1v) is 9.17. The van der Waals surface area contributed by atoms with Gasteiger partial charge in [0.15, 0.2) is 5.96 Å². The highest BCUT2D eigenvalue weighted by Gasteiger charge is 2.28. The van der Waals surface area contributed by atoms with E-state index in [0.717, 1.165) is 38.4 Å². The van der Waals surface area contributed by atoms with Crippen LogP contribution in [0.15, 0.2) is 4.99 Å². The number of aliphatic imine (C=N–C) groups is 1. The Morgan fingerprint density at radius 3 is 2.40 bits per heavy atom. The Bertz CT molecular complexity index is 426. The molecule has 0 bridgehead atoms. The third-order valence-corrected chi connectivity index (χ3v) is 4.54. The lowest BCUT2D eigenvalue weighted by Gasteiger charge is -2.27. The summed E-state index contributed by atoms with van der Waals surface area (Å²) in [5.74, 6) is 1.80. The molecule has 25 heavy (non-hydrogen) atoms. The van der Waals surface area contributed by atoms with Gasteiger partial charge in [0.2, 0.25) is 5.91 Å². The number of nitrogens with zero attached hydrogens (tertiary/aromatic N) is 3. The SMILES string of the molecule is CN=C(NCC(CC(C)C)N(C)C)NC1CCN(C(=O)C(C)C)C1.I. The topological polar surface area (TPSA) is 60.0 Å². The monoisotopic (exact) mass is 467 g/mol. The molecule has 0 radical (unpaired) electrons. The summed E-state index contributed by atoms with van der Waals surface area (Å²) in [7, 11) is 6.04. The van der Waals surface area contributed by atoms with E-state index >= 15 is 0 Å². The zero-order valence-electron chi connectivity index (χ0n) is 17.0. The summed E-state index contributed by atoms with van der Waals surface area (Å²) in [5.41, 5.74) is 0. The van der Waals surface area contributed by atoms with Crippen LogP contribution in [0.2, 0.25) is 0 Å². The van der Waals surface area contributed by atoms with Crippen LogP contribution in [-0.4, -0.2) is 74.5 Å². The molecule has 0 aromatic rings. The van der Waals surface area contributed by atoms with Gasteiger partial charge in [-0.2, -0.15) is 0 Å². The van der Waals surface area contributed by atoms with Crippen molar-refractivity contribution in [2.24, 2.45) is 16.8 Å². The minimum Gasteiger partial charge on any atom is -0.355 e. The Hall–Kier alpha value is -0.570. The fraction of sp³-hybridized carbons (Fsp3) is 0.889. The molecule has 0 aromatic heterocycles. The summed E-state index contributed by atoms with van der Waals surface area (Å²) in [6, 6.07) is 0.757. The zero-order valence-corrected chi connectivity index (χ0v) is 19.3. The van der Waals surface area contributed by atoms with Crippen molar-refractivity contribution in [3.63, 3.8) is 0 Å². The Balaban J connectivity index is 0.00000576. The van der Waals surface area contributed by atoms with Gasteiger partial charge in [-0.3, -0.25) is 9.79 Å². The van der Waals surface area contributed by atoms with Gasteiger partial charge in [0, 0.05) is 44.7 Å². The van der Waals surface area contributed by atoms with Crippen molar-refractivity contribution in [3.05, 3.63) is 0 Å². The van der Waals surface area contributed by atoms with Gasteiger partial charge in [-0.25, -0.2) is 0 Å². The number of nitrogens with one attached hydrogen (secondary N) is 2. The quantitative estimate of drug-likeness (QED) is 0.342. The molecule has 1 amide bonds. The number of likely N-dealkylation sites (tertiary alicyclic amines) is 1. The van der Waals surface area contributed by atoms with Crippen LogP contribution < -0.4 is 10.6 Å². The van der Waals surface area contributed by atoms with Gasteiger partial charge in [-0.15, -0.1) is 24.0 Å². The second-order valence-electron chi connectivity index (χ2n) is 7.77. The molecule has 1 fully saturated rings. The molecule has 0 aromatic carbocycles. The van der Waals surface area contributed by atoms with Gasteiger partial charge in [-0.05, 0) is 32.9 Å². The summed E-state index contributed by atoms with van der Waals surface area (Å²) in [6.45, 7) is 10.9. The smallest absolute Gasteiger partial charge is 0.225 e. The molecule has 1 aliphatic rings. The molecule has 0 spiro atoms. The fourth-order valence-corrected chi connectivity index (χ4v) is 3.07. The maximum absolute atomic E-state index is 12.1. The molecule has 1 heterocycles. The van der Waals surface area contributed by atoms with Crippen molar-refractivity contribution in [2.45, 2.75) is 52.6 Å². The molecule has 6 nitrogen and oxygen atoms in total. The Kier molecular flexibility index (Phi) is 11.7. The van der Waals surface area contributed by atoms with Gasteiger partial charge in [0.05, 0.1) is 0 Å². The fourth-order valence-electron chi connectivity index (χ4n) is 3.07. The van der Waals surface area contributed by atoms with E-state index in [2.05, 4.69) is 48.5 Å². The van der Waals surface area contributed by atoms with Gasteiger partial charge in [-0.1, -0.05) is 27.7 Å². The summed E-state index contributed by atoms with van der Waals surface area (Å²) >= 11 is 0. The van der Waals surface area contributed by atoms with Gasteiger partial charge >= 0.3 is 0 Å². The predicted molar refractivity (Wildman–Crippen MR) is 117 cm³/mol. The van der Waals surface area contributed by atoms with Crippen molar-refractivity contribution in [1.82, 2.24) is 20.4 Å². The Labute approximate surface area is 171 Å². The summed E-state index contributed by atoms with van der Waals surface area (Å²) in [6.07, 6.45) is 2.12. The molecule has 7 heteroatoms. The molecule has 1 rings (SSSR count). The van der Waals surface area contributed by atoms with Crippen molar-refractivity contribution >= 4 is 35.8 Å². The maximum Gasteiger partial charge on any atom is 0.225 e. The highest BCUT2D eigenvalue weighted by atomic mass is 127. The van der Waals surface area contributed by atoms with Crippen molar-refractivity contribution < 1.29 is 4.79 Å². The van der Waals surface area contributed by atoms with Gasteiger partial charge in [0.1, 0.15) is 0 Å². The zero-order chi connectivity index (χ0) is 18.3. The third kappa shape index (κ3) is 8.57. The van der Waals surface area contributed by atoms with Crippen molar-refractivity contribution in [2.75, 3.05) is 40.8 Å². The molecular weight excluding hydrogens is 429 g/mol. The molecule has 2 atom stereocenters. The molecule has 2 N–H and O–H groups in total. The number of halogens is 1. The summed E-state index contributed by atoms with van der Waals surface area (Å²) in [5, 5.41) is 6.91. The highest BCUT2D eigenvalue weighted by molar-refractivity contribution is 14.0. The predicted octanol–water partition coefficient (Wildman–Crippen LogP) is 2.00. The van der Waals surface area contributed by atoms with Crippen LogP contribution in [0.4, 0.5) is 0 Å². The molecule has 1 saturated heterocycles. The minimum atomic E-state index is 0. The lowest BCUT2D eigenvalue weighted by Crippen LogP contribution is -2.49. The second kappa shape index (κ2) is 11.9. The number of carbonyl (C=O) groups is 1. The average molecular weight is 467 g/mol. The number of guanidine groups is 1. The van der Waals surface area contributed by atoms with E-state index in [1.54, 1.807) is 7.05 Å². The summed E-state index contributed by atoms with van der Waals surface area (Å²) < 4.78 is 0. The number of amides is 1. The third-order valence-electron chi connectivity index (χ3n) is 4.54. The maximum atomic E-state index is 12.1. The first-order chi connectivity index (χ1) is 11.2. The van der Waals surface area contributed by atoms with Crippen LogP contribution in [0.3, 0.4) is 0 Å². The van der Waals surface area contributed by atoms with Crippen molar-refractivity contribution in [1.29, 1.82) is 0 Å². The van der Waals surface area contributed by atoms with Crippen LogP contribution in [0.25, 0.3) is 0 Å². The first-order valence-electron chi connectivity index (χ1n) is 9.17. The molecule has 148 valence electrons. The number of rotatable bonds is 7. The van der Waals surface area contributed by atoms with Gasteiger partial charge in [0.25, 0.3) is 0 Å². The molecular formula is C18H38IN5O. The van der Waals surface area contributed by atoms with E-state index < -0.39 is 0 Å². The second-order valence-corrected chi connectivity index (χ2v) is 7.77. The standard InChI is InChI=1S/C18H37N5O.HI/c1-13(2)10-16(22(6)7)11-20-18(19-5)21-15-8-9-23(12-15)17(24)14(3)4;/h13-16H,8-12H2,1-7H3,(H2,19,20,21);1H. The number of hydrogen-bond acceptors (Lipinski definition) is 3. The van der Waals surface area contributed by atoms with Crippen LogP contribution in [0.5, 0.6) is 0 Å². The van der Waals surface area contributed by atoms with Gasteiger partial charge < -0.3 is 20.4 Å². The highest BCUT2D eigenvalue weighted by Crippen LogP contribution is 2.13. The largest absolute Gasteiger partial charge is 0.355 e. The van der Waals surface area contributed by atoms with E-state index in [0.29, 0.717) is 12.0 Å². The lowest BCUT2D eigenvalue weighted by molar-refractivity contribution is -0.133. The number of hydrogen-bond donors (Lipinski definition) is 2. The number of carbonyl (C=O) groups excluding carboxylic acids is 1. The van der Waals surface area contributed by atoms with Crippen LogP contribution in [0.1, 0.15) is 40.5 Å². The molecule has 2 unspecified atom stereocenters. The van der Waals surface area contributed by atoms with Crippen molar-refractivity contribution in [3.8, 4) is 0 Å². The molecule has 0 aliphatic carbocycles. The molecule has 0 saturated carbocycles. The van der Waals surface area contributed by atoms with E-state index in [-0.39, 0.29) is 41.8 Å². The van der Waals surface area contributed by atoms with E-state index in [1.807, 2.05) is 18.7 Å².